The molecule has 1 aromatic rings. The van der Waals surface area contributed by atoms with Gasteiger partial charge in [-0.05, 0) is 64.7 Å². The molecule has 0 aliphatic rings. The van der Waals surface area contributed by atoms with Gasteiger partial charge in [-0.2, -0.15) is 0 Å². The normalized spacial score (nSPS) is 11.9. The molecule has 0 saturated heterocycles. The smallest absolute Gasteiger partial charge is 0.309 e. The Morgan fingerprint density at radius 1 is 1.36 bits per heavy atom. The monoisotopic (exact) mass is 343 g/mol. The number of esters is 1. The minimum absolute atomic E-state index is 0.187. The molecule has 1 amide bonds. The third kappa shape index (κ3) is 8.39. The van der Waals surface area contributed by atoms with E-state index in [1.54, 1.807) is 18.9 Å². The predicted octanol–water partition coefficient (Wildman–Crippen LogP) is 3.43. The highest BCUT2D eigenvalue weighted by atomic mass is 16.6. The second kappa shape index (κ2) is 9.88. The van der Waals surface area contributed by atoms with Gasteiger partial charge in [-0.3, -0.25) is 9.59 Å². The molecule has 4 nitrogen and oxygen atoms in total. The Morgan fingerprint density at radius 3 is 2.68 bits per heavy atom. The quantitative estimate of drug-likeness (QED) is 0.413. The van der Waals surface area contributed by atoms with Crippen LogP contribution in [0.4, 0.5) is 0 Å². The summed E-state index contributed by atoms with van der Waals surface area (Å²) in [4.78, 5) is 24.9. The van der Waals surface area contributed by atoms with E-state index in [0.717, 1.165) is 24.0 Å². The number of hydrogen-bond acceptors (Lipinski definition) is 3. The van der Waals surface area contributed by atoms with Crippen LogP contribution in [0.15, 0.2) is 24.3 Å². The summed E-state index contributed by atoms with van der Waals surface area (Å²) >= 11 is 0. The number of benzene rings is 1. The predicted molar refractivity (Wildman–Crippen MR) is 100.0 cm³/mol. The number of ether oxygens (including phenoxy) is 1. The van der Waals surface area contributed by atoms with Crippen LogP contribution in [0, 0.1) is 17.8 Å². The molecule has 0 radical (unpaired) electrons. The minimum atomic E-state index is -0.509. The average Bonchev–Trinajstić information content (AvgIpc) is 2.52. The number of amides is 1. The molecule has 1 atom stereocenters. The van der Waals surface area contributed by atoms with Crippen molar-refractivity contribution >= 4 is 12.4 Å². The first-order chi connectivity index (χ1) is 11.7. The Morgan fingerprint density at radius 2 is 2.08 bits per heavy atom. The lowest BCUT2D eigenvalue weighted by Crippen LogP contribution is -2.30. The van der Waals surface area contributed by atoms with Crippen molar-refractivity contribution < 1.29 is 14.3 Å². The Hall–Kier alpha value is -2.28. The van der Waals surface area contributed by atoms with Gasteiger partial charge < -0.3 is 9.64 Å². The van der Waals surface area contributed by atoms with Crippen molar-refractivity contribution in [3.8, 4) is 11.8 Å². The topological polar surface area (TPSA) is 46.6 Å². The SMILES string of the molecule is CC#Cc1cccc(CC(CCCN(C)C=O)C(=O)OC(C)(C)C)c1. The van der Waals surface area contributed by atoms with Crippen LogP contribution in [0.2, 0.25) is 0 Å². The molecule has 0 aliphatic heterocycles. The highest BCUT2D eigenvalue weighted by molar-refractivity contribution is 5.73. The molecule has 25 heavy (non-hydrogen) atoms. The molecule has 1 rings (SSSR count). The van der Waals surface area contributed by atoms with Gasteiger partial charge in [0.05, 0.1) is 5.92 Å². The number of rotatable bonds is 8. The van der Waals surface area contributed by atoms with E-state index in [9.17, 15) is 9.59 Å². The summed E-state index contributed by atoms with van der Waals surface area (Å²) in [7, 11) is 1.74. The number of carbonyl (C=O) groups is 2. The fourth-order valence-electron chi connectivity index (χ4n) is 2.53. The van der Waals surface area contributed by atoms with E-state index in [2.05, 4.69) is 11.8 Å². The molecule has 0 fully saturated rings. The summed E-state index contributed by atoms with van der Waals surface area (Å²) in [5, 5.41) is 0. The van der Waals surface area contributed by atoms with Crippen LogP contribution >= 0.6 is 0 Å². The Balaban J connectivity index is 2.85. The molecule has 1 unspecified atom stereocenters. The zero-order chi connectivity index (χ0) is 18.9. The largest absolute Gasteiger partial charge is 0.460 e. The van der Waals surface area contributed by atoms with Gasteiger partial charge in [-0.15, -0.1) is 5.92 Å². The maximum Gasteiger partial charge on any atom is 0.309 e. The molecule has 0 spiro atoms. The van der Waals surface area contributed by atoms with Crippen LogP contribution in [0.25, 0.3) is 0 Å². The van der Waals surface area contributed by atoms with E-state index in [1.165, 1.54) is 0 Å². The van der Waals surface area contributed by atoms with Crippen molar-refractivity contribution in [3.05, 3.63) is 35.4 Å². The first-order valence-corrected chi connectivity index (χ1v) is 8.65. The number of nitrogens with zero attached hydrogens (tertiary/aromatic N) is 1. The summed E-state index contributed by atoms with van der Waals surface area (Å²) in [6.07, 6.45) is 2.85. The van der Waals surface area contributed by atoms with Crippen LogP contribution in [0.3, 0.4) is 0 Å². The zero-order valence-corrected chi connectivity index (χ0v) is 16.0. The minimum Gasteiger partial charge on any atom is -0.460 e. The van der Waals surface area contributed by atoms with Gasteiger partial charge in [0.1, 0.15) is 5.60 Å². The first kappa shape index (κ1) is 20.8. The third-order valence-corrected chi connectivity index (χ3v) is 3.66. The highest BCUT2D eigenvalue weighted by Crippen LogP contribution is 2.20. The van der Waals surface area contributed by atoms with Crippen molar-refractivity contribution in [2.24, 2.45) is 5.92 Å². The van der Waals surface area contributed by atoms with E-state index in [1.807, 2.05) is 45.0 Å². The molecule has 0 bridgehead atoms. The number of carbonyl (C=O) groups excluding carboxylic acids is 2. The van der Waals surface area contributed by atoms with Crippen LogP contribution in [0.1, 0.15) is 51.7 Å². The molecule has 0 N–H and O–H groups in total. The third-order valence-electron chi connectivity index (χ3n) is 3.66. The zero-order valence-electron chi connectivity index (χ0n) is 16.0. The van der Waals surface area contributed by atoms with Gasteiger partial charge in [0.2, 0.25) is 6.41 Å². The molecule has 136 valence electrons. The fraction of sp³-hybridized carbons (Fsp3) is 0.524. The Labute approximate surface area is 151 Å². The van der Waals surface area contributed by atoms with E-state index in [0.29, 0.717) is 19.4 Å². The van der Waals surface area contributed by atoms with Crippen molar-refractivity contribution in [2.75, 3.05) is 13.6 Å². The summed E-state index contributed by atoms with van der Waals surface area (Å²) < 4.78 is 5.58. The Kier molecular flexibility index (Phi) is 8.21. The van der Waals surface area contributed by atoms with E-state index in [-0.39, 0.29) is 11.9 Å². The average molecular weight is 343 g/mol. The highest BCUT2D eigenvalue weighted by Gasteiger charge is 2.25. The maximum atomic E-state index is 12.6. The van der Waals surface area contributed by atoms with Crippen molar-refractivity contribution in [1.29, 1.82) is 0 Å². The van der Waals surface area contributed by atoms with Crippen molar-refractivity contribution in [3.63, 3.8) is 0 Å². The van der Waals surface area contributed by atoms with Gasteiger partial charge in [0.15, 0.2) is 0 Å². The fourth-order valence-corrected chi connectivity index (χ4v) is 2.53. The summed E-state index contributed by atoms with van der Waals surface area (Å²) in [5.74, 6) is 5.51. The molecule has 4 heteroatoms. The van der Waals surface area contributed by atoms with E-state index >= 15 is 0 Å². The summed E-state index contributed by atoms with van der Waals surface area (Å²) in [5.41, 5.74) is 1.51. The number of hydrogen-bond donors (Lipinski definition) is 0. The Bertz CT molecular complexity index is 635. The van der Waals surface area contributed by atoms with Gasteiger partial charge in [-0.1, -0.05) is 18.1 Å². The standard InChI is InChI=1S/C21H29NO3/c1-6-9-17-10-7-11-18(14-17)15-19(12-8-13-22(5)16-23)20(24)25-21(2,3)4/h7,10-11,14,16,19H,8,12-13,15H2,1-5H3. The van der Waals surface area contributed by atoms with Gasteiger partial charge in [-0.25, -0.2) is 0 Å². The summed E-state index contributed by atoms with van der Waals surface area (Å²) in [6, 6.07) is 7.95. The van der Waals surface area contributed by atoms with Crippen LogP contribution in [0.5, 0.6) is 0 Å². The van der Waals surface area contributed by atoms with Crippen LogP contribution < -0.4 is 0 Å². The summed E-state index contributed by atoms with van der Waals surface area (Å²) in [6.45, 7) is 8.06. The van der Waals surface area contributed by atoms with Crippen molar-refractivity contribution in [2.45, 2.75) is 52.6 Å². The van der Waals surface area contributed by atoms with Crippen molar-refractivity contribution in [1.82, 2.24) is 4.90 Å². The molecule has 1 aromatic carbocycles. The first-order valence-electron chi connectivity index (χ1n) is 8.65. The lowest BCUT2D eigenvalue weighted by Gasteiger charge is -2.24. The lowest BCUT2D eigenvalue weighted by molar-refractivity contribution is -0.160. The molecule has 0 saturated carbocycles. The second-order valence-electron chi connectivity index (χ2n) is 7.24. The molecule has 0 aliphatic carbocycles. The van der Waals surface area contributed by atoms with E-state index in [4.69, 9.17) is 4.74 Å². The van der Waals surface area contributed by atoms with Gasteiger partial charge >= 0.3 is 5.97 Å². The van der Waals surface area contributed by atoms with Gasteiger partial charge in [0, 0.05) is 19.2 Å². The molecule has 0 heterocycles. The van der Waals surface area contributed by atoms with Crippen LogP contribution in [-0.4, -0.2) is 36.5 Å². The maximum absolute atomic E-state index is 12.6. The molecular formula is C21H29NO3. The van der Waals surface area contributed by atoms with Gasteiger partial charge in [0.25, 0.3) is 0 Å². The van der Waals surface area contributed by atoms with E-state index < -0.39 is 5.60 Å². The van der Waals surface area contributed by atoms with Crippen LogP contribution in [-0.2, 0) is 20.7 Å². The molecule has 0 aromatic heterocycles. The second-order valence-corrected chi connectivity index (χ2v) is 7.24. The molecular weight excluding hydrogens is 314 g/mol. The lowest BCUT2D eigenvalue weighted by atomic mass is 9.93.